The van der Waals surface area contributed by atoms with Crippen LogP contribution in [-0.2, 0) is 6.42 Å². The molecule has 96 valence electrons. The third-order valence-corrected chi connectivity index (χ3v) is 3.03. The number of anilines is 1. The molecule has 1 N–H and O–H groups in total. The third kappa shape index (κ3) is 2.40. The summed E-state index contributed by atoms with van der Waals surface area (Å²) in [6.45, 7) is 5.25. The lowest BCUT2D eigenvalue weighted by molar-refractivity contribution is 0.419. The van der Waals surface area contributed by atoms with Gasteiger partial charge in [0.1, 0.15) is 17.1 Å². The lowest BCUT2D eigenvalue weighted by atomic mass is 10.1. The second kappa shape index (κ2) is 5.71. The smallest absolute Gasteiger partial charge is 0.145 e. The van der Waals surface area contributed by atoms with Crippen molar-refractivity contribution in [2.75, 3.05) is 19.0 Å². The molecule has 1 aromatic carbocycles. The molecule has 0 saturated heterocycles. The topological polar surface area (TPSA) is 34.2 Å². The van der Waals surface area contributed by atoms with Crippen molar-refractivity contribution in [1.82, 2.24) is 4.98 Å². The summed E-state index contributed by atoms with van der Waals surface area (Å²) < 4.78 is 5.37. The predicted molar refractivity (Wildman–Crippen MR) is 76.5 cm³/mol. The van der Waals surface area contributed by atoms with E-state index in [1.807, 2.05) is 12.1 Å². The van der Waals surface area contributed by atoms with E-state index in [0.717, 1.165) is 41.9 Å². The second-order valence-electron chi connectivity index (χ2n) is 4.31. The quantitative estimate of drug-likeness (QED) is 0.872. The Morgan fingerprint density at radius 1 is 1.28 bits per heavy atom. The van der Waals surface area contributed by atoms with E-state index in [2.05, 4.69) is 31.3 Å². The molecule has 2 rings (SSSR count). The van der Waals surface area contributed by atoms with E-state index >= 15 is 0 Å². The van der Waals surface area contributed by atoms with Gasteiger partial charge in [-0.3, -0.25) is 0 Å². The number of benzene rings is 1. The summed E-state index contributed by atoms with van der Waals surface area (Å²) in [6.07, 6.45) is 2.07. The Labute approximate surface area is 108 Å². The van der Waals surface area contributed by atoms with E-state index in [1.165, 1.54) is 5.56 Å². The number of hydrogen-bond donors (Lipinski definition) is 1. The Balaban J connectivity index is 2.54. The number of aromatic nitrogens is 1. The lowest BCUT2D eigenvalue weighted by Gasteiger charge is -2.12. The van der Waals surface area contributed by atoms with Gasteiger partial charge in [0.25, 0.3) is 0 Å². The van der Waals surface area contributed by atoms with Gasteiger partial charge in [-0.25, -0.2) is 4.98 Å². The maximum absolute atomic E-state index is 5.37. The van der Waals surface area contributed by atoms with Crippen LogP contribution in [0.4, 0.5) is 5.82 Å². The molecule has 0 fully saturated rings. The zero-order chi connectivity index (χ0) is 13.0. The molecule has 0 aliphatic heterocycles. The van der Waals surface area contributed by atoms with Crippen LogP contribution in [0.1, 0.15) is 25.8 Å². The van der Waals surface area contributed by atoms with Crippen molar-refractivity contribution in [3.63, 3.8) is 0 Å². The number of nitrogens with zero attached hydrogens (tertiary/aromatic N) is 1. The van der Waals surface area contributed by atoms with Gasteiger partial charge < -0.3 is 10.1 Å². The molecule has 0 aliphatic carbocycles. The molecule has 2 aromatic rings. The average molecular weight is 244 g/mol. The summed E-state index contributed by atoms with van der Waals surface area (Å²) in [5, 5.41) is 4.52. The molecule has 1 heterocycles. The first-order valence-electron chi connectivity index (χ1n) is 6.50. The van der Waals surface area contributed by atoms with E-state index in [4.69, 9.17) is 9.72 Å². The van der Waals surface area contributed by atoms with Crippen molar-refractivity contribution < 1.29 is 4.74 Å². The van der Waals surface area contributed by atoms with Gasteiger partial charge >= 0.3 is 0 Å². The molecular formula is C15H20N2O. The monoisotopic (exact) mass is 244 g/mol. The van der Waals surface area contributed by atoms with Gasteiger partial charge in [-0.05, 0) is 30.5 Å². The van der Waals surface area contributed by atoms with Crippen molar-refractivity contribution in [3.05, 3.63) is 29.8 Å². The van der Waals surface area contributed by atoms with Gasteiger partial charge in [-0.2, -0.15) is 0 Å². The van der Waals surface area contributed by atoms with Crippen LogP contribution >= 0.6 is 0 Å². The van der Waals surface area contributed by atoms with Crippen LogP contribution in [0.15, 0.2) is 24.3 Å². The summed E-state index contributed by atoms with van der Waals surface area (Å²) in [5.41, 5.74) is 2.18. The molecule has 0 saturated carbocycles. The number of para-hydroxylation sites is 1. The maximum atomic E-state index is 5.37. The van der Waals surface area contributed by atoms with Crippen molar-refractivity contribution in [2.24, 2.45) is 0 Å². The van der Waals surface area contributed by atoms with E-state index < -0.39 is 0 Å². The molecule has 0 spiro atoms. The largest absolute Gasteiger partial charge is 0.494 e. The Kier molecular flexibility index (Phi) is 4.03. The van der Waals surface area contributed by atoms with E-state index in [9.17, 15) is 0 Å². The first-order valence-corrected chi connectivity index (χ1v) is 6.50. The van der Waals surface area contributed by atoms with Crippen molar-refractivity contribution in [2.45, 2.75) is 26.7 Å². The average Bonchev–Trinajstić information content (AvgIpc) is 2.43. The molecule has 0 unspecified atom stereocenters. The first kappa shape index (κ1) is 12.7. The third-order valence-electron chi connectivity index (χ3n) is 3.03. The fraction of sp³-hybridized carbons (Fsp3) is 0.400. The van der Waals surface area contributed by atoms with Gasteiger partial charge in [0.15, 0.2) is 0 Å². The SMILES string of the molecule is CCCNc1nc2c(OC)cccc2cc1CC. The van der Waals surface area contributed by atoms with Crippen LogP contribution in [0, 0.1) is 0 Å². The first-order chi connectivity index (χ1) is 8.80. The summed E-state index contributed by atoms with van der Waals surface area (Å²) in [4.78, 5) is 4.72. The number of pyridine rings is 1. The minimum atomic E-state index is 0.828. The molecular weight excluding hydrogens is 224 g/mol. The Hall–Kier alpha value is -1.77. The fourth-order valence-electron chi connectivity index (χ4n) is 2.05. The molecule has 0 radical (unpaired) electrons. The van der Waals surface area contributed by atoms with Gasteiger partial charge in [0, 0.05) is 11.9 Å². The van der Waals surface area contributed by atoms with E-state index in [-0.39, 0.29) is 0 Å². The second-order valence-corrected chi connectivity index (χ2v) is 4.31. The summed E-state index contributed by atoms with van der Waals surface area (Å²) in [6, 6.07) is 8.22. The van der Waals surface area contributed by atoms with E-state index in [0.29, 0.717) is 0 Å². The summed E-state index contributed by atoms with van der Waals surface area (Å²) in [5.74, 6) is 1.81. The maximum Gasteiger partial charge on any atom is 0.145 e. The molecule has 0 amide bonds. The highest BCUT2D eigenvalue weighted by molar-refractivity contribution is 5.87. The highest BCUT2D eigenvalue weighted by atomic mass is 16.5. The molecule has 18 heavy (non-hydrogen) atoms. The zero-order valence-electron chi connectivity index (χ0n) is 11.3. The molecule has 3 heteroatoms. The molecule has 0 atom stereocenters. The number of aryl methyl sites for hydroxylation is 1. The normalized spacial score (nSPS) is 10.6. The van der Waals surface area contributed by atoms with Gasteiger partial charge in [0.05, 0.1) is 7.11 Å². The Morgan fingerprint density at radius 2 is 2.11 bits per heavy atom. The Morgan fingerprint density at radius 3 is 2.78 bits per heavy atom. The number of hydrogen-bond acceptors (Lipinski definition) is 3. The van der Waals surface area contributed by atoms with Crippen LogP contribution in [-0.4, -0.2) is 18.6 Å². The minimum Gasteiger partial charge on any atom is -0.494 e. The van der Waals surface area contributed by atoms with Crippen LogP contribution < -0.4 is 10.1 Å². The standard InChI is InChI=1S/C15H20N2O/c1-4-9-16-15-11(5-2)10-12-7-6-8-13(18-3)14(12)17-15/h6-8,10H,4-5,9H2,1-3H3,(H,16,17). The molecule has 0 aliphatic rings. The van der Waals surface area contributed by atoms with Gasteiger partial charge in [-0.15, -0.1) is 0 Å². The van der Waals surface area contributed by atoms with Crippen molar-refractivity contribution in [1.29, 1.82) is 0 Å². The van der Waals surface area contributed by atoms with Crippen LogP contribution in [0.2, 0.25) is 0 Å². The van der Waals surface area contributed by atoms with Crippen molar-refractivity contribution in [3.8, 4) is 5.75 Å². The minimum absolute atomic E-state index is 0.828. The zero-order valence-corrected chi connectivity index (χ0v) is 11.3. The Bertz CT molecular complexity index is 537. The van der Waals surface area contributed by atoms with Crippen molar-refractivity contribution >= 4 is 16.7 Å². The van der Waals surface area contributed by atoms with E-state index in [1.54, 1.807) is 7.11 Å². The fourth-order valence-corrected chi connectivity index (χ4v) is 2.05. The number of methoxy groups -OCH3 is 1. The molecule has 1 aromatic heterocycles. The predicted octanol–water partition coefficient (Wildman–Crippen LogP) is 3.63. The van der Waals surface area contributed by atoms with Crippen LogP contribution in [0.5, 0.6) is 5.75 Å². The lowest BCUT2D eigenvalue weighted by Crippen LogP contribution is -2.05. The number of fused-ring (bicyclic) bond motifs is 1. The van der Waals surface area contributed by atoms with Gasteiger partial charge in [-0.1, -0.05) is 26.0 Å². The number of nitrogens with one attached hydrogen (secondary N) is 1. The highest BCUT2D eigenvalue weighted by Crippen LogP contribution is 2.27. The number of ether oxygens (including phenoxy) is 1. The van der Waals surface area contributed by atoms with Gasteiger partial charge in [0.2, 0.25) is 0 Å². The molecule has 0 bridgehead atoms. The highest BCUT2D eigenvalue weighted by Gasteiger charge is 2.08. The number of rotatable bonds is 5. The summed E-state index contributed by atoms with van der Waals surface area (Å²) >= 11 is 0. The molecule has 3 nitrogen and oxygen atoms in total. The summed E-state index contributed by atoms with van der Waals surface area (Å²) in [7, 11) is 1.68. The van der Waals surface area contributed by atoms with Crippen LogP contribution in [0.25, 0.3) is 10.9 Å². The van der Waals surface area contributed by atoms with Crippen LogP contribution in [0.3, 0.4) is 0 Å².